The number of amides is 1. The first-order valence-electron chi connectivity index (χ1n) is 8.33. The van der Waals surface area contributed by atoms with Crippen molar-refractivity contribution in [1.29, 1.82) is 0 Å². The van der Waals surface area contributed by atoms with Gasteiger partial charge in [0, 0.05) is 5.56 Å². The molecule has 0 heterocycles. The van der Waals surface area contributed by atoms with E-state index in [0.717, 1.165) is 19.3 Å². The van der Waals surface area contributed by atoms with Gasteiger partial charge in [0.1, 0.15) is 5.82 Å². The molecule has 1 N–H and O–H groups in total. The molecule has 4 aliphatic rings. The summed E-state index contributed by atoms with van der Waals surface area (Å²) < 4.78 is 13.7. The molecular weight excluding hydrogens is 315 g/mol. The fourth-order valence-corrected chi connectivity index (χ4v) is 5.51. The van der Waals surface area contributed by atoms with E-state index >= 15 is 0 Å². The third-order valence-corrected chi connectivity index (χ3v) is 6.21. The smallest absolute Gasteiger partial charge is 0.246 e. The third-order valence-electron chi connectivity index (χ3n) is 5.88. The minimum atomic E-state index is -0.440. The highest BCUT2D eigenvalue weighted by molar-refractivity contribution is 6.33. The Kier molecular flexibility index (Phi) is 3.67. The van der Waals surface area contributed by atoms with Gasteiger partial charge in [-0.05, 0) is 68.4 Å². The summed E-state index contributed by atoms with van der Waals surface area (Å²) in [4.78, 5) is 12.7. The van der Waals surface area contributed by atoms with E-state index in [9.17, 15) is 9.18 Å². The summed E-state index contributed by atoms with van der Waals surface area (Å²) in [6.45, 7) is 0. The van der Waals surface area contributed by atoms with Gasteiger partial charge in [-0.2, -0.15) is 5.10 Å². The van der Waals surface area contributed by atoms with Crippen molar-refractivity contribution in [3.05, 3.63) is 34.6 Å². The van der Waals surface area contributed by atoms with Crippen LogP contribution in [0.15, 0.2) is 23.3 Å². The molecule has 4 aliphatic carbocycles. The second-order valence-electron chi connectivity index (χ2n) is 7.53. The van der Waals surface area contributed by atoms with Crippen LogP contribution in [0.1, 0.15) is 44.1 Å². The van der Waals surface area contributed by atoms with E-state index in [4.69, 9.17) is 11.6 Å². The molecule has 0 radical (unpaired) electrons. The summed E-state index contributed by atoms with van der Waals surface area (Å²) in [6.07, 6.45) is 8.14. The molecule has 5 heteroatoms. The van der Waals surface area contributed by atoms with Crippen molar-refractivity contribution in [2.75, 3.05) is 0 Å². The molecule has 5 rings (SSSR count). The summed E-state index contributed by atoms with van der Waals surface area (Å²) >= 11 is 5.96. The van der Waals surface area contributed by atoms with Gasteiger partial charge >= 0.3 is 0 Å². The highest BCUT2D eigenvalue weighted by Gasteiger charge is 2.54. The van der Waals surface area contributed by atoms with Crippen molar-refractivity contribution in [2.45, 2.75) is 38.5 Å². The Morgan fingerprint density at radius 2 is 1.83 bits per heavy atom. The Labute approximate surface area is 140 Å². The molecule has 0 unspecified atom stereocenters. The maximum atomic E-state index is 13.7. The van der Waals surface area contributed by atoms with Crippen molar-refractivity contribution in [3.8, 4) is 0 Å². The predicted molar refractivity (Wildman–Crippen MR) is 87.8 cm³/mol. The Balaban J connectivity index is 1.47. The van der Waals surface area contributed by atoms with Crippen LogP contribution in [0, 0.1) is 29.0 Å². The fraction of sp³-hybridized carbons (Fsp3) is 0.556. The molecule has 4 fully saturated rings. The van der Waals surface area contributed by atoms with Gasteiger partial charge < -0.3 is 0 Å². The molecular formula is C18H20ClFN2O. The monoisotopic (exact) mass is 334 g/mol. The van der Waals surface area contributed by atoms with Gasteiger partial charge in [-0.15, -0.1) is 0 Å². The Morgan fingerprint density at radius 3 is 2.39 bits per heavy atom. The summed E-state index contributed by atoms with van der Waals surface area (Å²) in [5.74, 6) is 1.68. The number of benzene rings is 1. The highest BCUT2D eigenvalue weighted by atomic mass is 35.5. The van der Waals surface area contributed by atoms with Crippen molar-refractivity contribution in [2.24, 2.45) is 28.3 Å². The topological polar surface area (TPSA) is 41.5 Å². The van der Waals surface area contributed by atoms with Crippen molar-refractivity contribution >= 4 is 23.7 Å². The van der Waals surface area contributed by atoms with Gasteiger partial charge in [-0.25, -0.2) is 9.82 Å². The number of carbonyl (C=O) groups excluding carboxylic acids is 1. The van der Waals surface area contributed by atoms with Crippen molar-refractivity contribution < 1.29 is 9.18 Å². The van der Waals surface area contributed by atoms with Crippen LogP contribution in [-0.2, 0) is 4.79 Å². The van der Waals surface area contributed by atoms with Crippen LogP contribution < -0.4 is 5.43 Å². The molecule has 3 nitrogen and oxygen atoms in total. The summed E-state index contributed by atoms with van der Waals surface area (Å²) in [5.41, 5.74) is 2.61. The zero-order valence-electron chi connectivity index (χ0n) is 12.9. The van der Waals surface area contributed by atoms with Gasteiger partial charge in [-0.1, -0.05) is 17.7 Å². The van der Waals surface area contributed by atoms with Crippen LogP contribution in [0.5, 0.6) is 0 Å². The number of rotatable bonds is 3. The van der Waals surface area contributed by atoms with E-state index in [-0.39, 0.29) is 21.9 Å². The lowest BCUT2D eigenvalue weighted by molar-refractivity contribution is -0.146. The number of nitrogens with zero attached hydrogens (tertiary/aromatic N) is 1. The van der Waals surface area contributed by atoms with Gasteiger partial charge in [0.15, 0.2) is 0 Å². The maximum absolute atomic E-state index is 13.7. The van der Waals surface area contributed by atoms with Crippen molar-refractivity contribution in [1.82, 2.24) is 5.43 Å². The number of hydrazone groups is 1. The summed E-state index contributed by atoms with van der Waals surface area (Å²) in [7, 11) is 0. The van der Waals surface area contributed by atoms with Crippen LogP contribution in [0.25, 0.3) is 0 Å². The average molecular weight is 335 g/mol. The third kappa shape index (κ3) is 2.67. The van der Waals surface area contributed by atoms with E-state index in [1.54, 1.807) is 12.1 Å². The minimum Gasteiger partial charge on any atom is -0.273 e. The summed E-state index contributed by atoms with van der Waals surface area (Å²) in [6, 6.07) is 4.48. The van der Waals surface area contributed by atoms with Crippen LogP contribution in [0.4, 0.5) is 4.39 Å². The molecule has 1 amide bonds. The number of hydrogen-bond acceptors (Lipinski definition) is 2. The second kappa shape index (κ2) is 5.59. The number of nitrogens with one attached hydrogen (secondary N) is 1. The lowest BCUT2D eigenvalue weighted by atomic mass is 9.49. The first-order chi connectivity index (χ1) is 11.1. The van der Waals surface area contributed by atoms with E-state index in [1.165, 1.54) is 31.5 Å². The average Bonchev–Trinajstić information content (AvgIpc) is 2.48. The summed E-state index contributed by atoms with van der Waals surface area (Å²) in [5, 5.41) is 4.26. The van der Waals surface area contributed by atoms with E-state index in [1.807, 2.05) is 0 Å². The fourth-order valence-electron chi connectivity index (χ4n) is 5.30. The van der Waals surface area contributed by atoms with Gasteiger partial charge in [-0.3, -0.25) is 4.79 Å². The van der Waals surface area contributed by atoms with Crippen LogP contribution in [0.2, 0.25) is 5.02 Å². The molecule has 0 saturated heterocycles. The van der Waals surface area contributed by atoms with Crippen LogP contribution in [-0.4, -0.2) is 12.1 Å². The SMILES string of the molecule is O=C(NN=Cc1c(F)cccc1Cl)C12CC3CC(CC(C3)C1)C2. The lowest BCUT2D eigenvalue weighted by Crippen LogP contribution is -2.52. The minimum absolute atomic E-state index is 0.000289. The lowest BCUT2D eigenvalue weighted by Gasteiger charge is -2.55. The van der Waals surface area contributed by atoms with Gasteiger partial charge in [0.2, 0.25) is 5.91 Å². The second-order valence-corrected chi connectivity index (χ2v) is 7.94. The molecule has 0 aliphatic heterocycles. The molecule has 122 valence electrons. The zero-order valence-corrected chi connectivity index (χ0v) is 13.7. The standard InChI is InChI=1S/C18H20ClFN2O/c19-15-2-1-3-16(20)14(15)10-21-22-17(23)18-7-11-4-12(8-18)6-13(5-11)9-18/h1-3,10-13H,4-9H2,(H,22,23). The molecule has 23 heavy (non-hydrogen) atoms. The highest BCUT2D eigenvalue weighted by Crippen LogP contribution is 2.60. The van der Waals surface area contributed by atoms with Gasteiger partial charge in [0.05, 0.1) is 16.7 Å². The van der Waals surface area contributed by atoms with E-state index < -0.39 is 5.82 Å². The molecule has 4 saturated carbocycles. The maximum Gasteiger partial charge on any atom is 0.246 e. The van der Waals surface area contributed by atoms with Crippen LogP contribution in [0.3, 0.4) is 0 Å². The molecule has 0 atom stereocenters. The molecule has 0 aromatic heterocycles. The number of carbonyl (C=O) groups is 1. The first kappa shape index (κ1) is 15.1. The first-order valence-corrected chi connectivity index (χ1v) is 8.71. The van der Waals surface area contributed by atoms with Crippen LogP contribution >= 0.6 is 11.6 Å². The Morgan fingerprint density at radius 1 is 1.22 bits per heavy atom. The molecule has 1 aromatic rings. The van der Waals surface area contributed by atoms with E-state index in [0.29, 0.717) is 17.8 Å². The predicted octanol–water partition coefficient (Wildman–Crippen LogP) is 4.15. The molecule has 0 spiro atoms. The van der Waals surface area contributed by atoms with Crippen molar-refractivity contribution in [3.63, 3.8) is 0 Å². The molecule has 1 aromatic carbocycles. The normalized spacial score (nSPS) is 35.0. The number of hydrogen-bond donors (Lipinski definition) is 1. The Bertz CT molecular complexity index is 617. The Hall–Kier alpha value is -1.42. The number of halogens is 2. The zero-order chi connectivity index (χ0) is 16.0. The van der Waals surface area contributed by atoms with E-state index in [2.05, 4.69) is 10.5 Å². The quantitative estimate of drug-likeness (QED) is 0.655. The van der Waals surface area contributed by atoms with Gasteiger partial charge in [0.25, 0.3) is 0 Å². The largest absolute Gasteiger partial charge is 0.273 e. The molecule has 4 bridgehead atoms.